The Bertz CT molecular complexity index is 1050. The molecule has 0 heterocycles. The van der Waals surface area contributed by atoms with Crippen LogP contribution in [-0.2, 0) is 26.2 Å². The first kappa shape index (κ1) is 26.2. The van der Waals surface area contributed by atoms with Gasteiger partial charge in [-0.1, -0.05) is 29.8 Å². The number of nitrogens with zero attached hydrogens (tertiary/aromatic N) is 2. The molecular formula is C24H33N3O5S. The molecule has 2 aromatic carbocycles. The molecule has 0 saturated carbocycles. The van der Waals surface area contributed by atoms with Gasteiger partial charge in [0.1, 0.15) is 18.3 Å². The molecule has 1 N–H and O–H groups in total. The molecule has 180 valence electrons. The zero-order valence-corrected chi connectivity index (χ0v) is 20.8. The average Bonchev–Trinajstić information content (AvgIpc) is 2.75. The summed E-state index contributed by atoms with van der Waals surface area (Å²) in [6.45, 7) is 7.02. The van der Waals surface area contributed by atoms with Gasteiger partial charge in [-0.2, -0.15) is 0 Å². The van der Waals surface area contributed by atoms with Crippen molar-refractivity contribution in [3.05, 3.63) is 59.7 Å². The van der Waals surface area contributed by atoms with Crippen molar-refractivity contribution in [2.24, 2.45) is 0 Å². The van der Waals surface area contributed by atoms with Crippen LogP contribution in [-0.4, -0.2) is 57.1 Å². The molecule has 0 aromatic heterocycles. The summed E-state index contributed by atoms with van der Waals surface area (Å²) in [6, 6.07) is 13.1. The minimum Gasteiger partial charge on any atom is -0.497 e. The minimum atomic E-state index is -3.77. The monoisotopic (exact) mass is 475 g/mol. The number of ether oxygens (including phenoxy) is 1. The first-order chi connectivity index (χ1) is 15.4. The number of anilines is 1. The van der Waals surface area contributed by atoms with Gasteiger partial charge in [0.25, 0.3) is 0 Å². The molecule has 0 radical (unpaired) electrons. The molecule has 33 heavy (non-hydrogen) atoms. The molecule has 0 aliphatic rings. The van der Waals surface area contributed by atoms with Gasteiger partial charge in [0.2, 0.25) is 21.8 Å². The predicted octanol–water partition coefficient (Wildman–Crippen LogP) is 2.71. The Balaban J connectivity index is 2.36. The molecule has 0 saturated heterocycles. The molecule has 2 rings (SSSR count). The fraction of sp³-hybridized carbons (Fsp3) is 0.417. The standard InChI is InChI=1S/C24H33N3O5S/c1-17(2)25-24(29)19(4)26(15-20-9-7-18(3)8-10-20)23(28)16-27(33(6,30)31)21-11-13-22(32-5)14-12-21/h7-14,17,19H,15-16H2,1-6H3,(H,25,29). The first-order valence-electron chi connectivity index (χ1n) is 10.7. The lowest BCUT2D eigenvalue weighted by atomic mass is 10.1. The zero-order chi connectivity index (χ0) is 24.8. The highest BCUT2D eigenvalue weighted by Crippen LogP contribution is 2.22. The third kappa shape index (κ3) is 7.49. The van der Waals surface area contributed by atoms with Crippen molar-refractivity contribution in [2.45, 2.75) is 46.3 Å². The summed E-state index contributed by atoms with van der Waals surface area (Å²) < 4.78 is 31.2. The van der Waals surface area contributed by atoms with Gasteiger partial charge in [0.05, 0.1) is 19.1 Å². The molecule has 0 bridgehead atoms. The van der Waals surface area contributed by atoms with Crippen molar-refractivity contribution in [3.63, 3.8) is 0 Å². The number of methoxy groups -OCH3 is 1. The Morgan fingerprint density at radius 3 is 2.06 bits per heavy atom. The first-order valence-corrected chi connectivity index (χ1v) is 12.5. The third-order valence-electron chi connectivity index (χ3n) is 5.11. The minimum absolute atomic E-state index is 0.0944. The largest absolute Gasteiger partial charge is 0.497 e. The molecule has 0 aliphatic carbocycles. The molecule has 2 aromatic rings. The summed E-state index contributed by atoms with van der Waals surface area (Å²) in [5.41, 5.74) is 2.25. The van der Waals surface area contributed by atoms with Gasteiger partial charge in [-0.3, -0.25) is 13.9 Å². The van der Waals surface area contributed by atoms with Crippen molar-refractivity contribution < 1.29 is 22.7 Å². The Labute approximate surface area is 196 Å². The van der Waals surface area contributed by atoms with Crippen LogP contribution in [0.2, 0.25) is 0 Å². The number of carbonyl (C=O) groups excluding carboxylic acids is 2. The average molecular weight is 476 g/mol. The summed E-state index contributed by atoms with van der Waals surface area (Å²) in [4.78, 5) is 27.5. The van der Waals surface area contributed by atoms with Gasteiger partial charge in [0, 0.05) is 12.6 Å². The number of sulfonamides is 1. The van der Waals surface area contributed by atoms with E-state index in [1.165, 1.54) is 12.0 Å². The fourth-order valence-corrected chi connectivity index (χ4v) is 4.09. The van der Waals surface area contributed by atoms with Crippen LogP contribution in [0.5, 0.6) is 5.75 Å². The Hall–Kier alpha value is -3.07. The highest BCUT2D eigenvalue weighted by atomic mass is 32.2. The normalized spacial score (nSPS) is 12.2. The quantitative estimate of drug-likeness (QED) is 0.570. The molecule has 2 amide bonds. The topological polar surface area (TPSA) is 96.0 Å². The number of benzene rings is 2. The van der Waals surface area contributed by atoms with Crippen LogP contribution in [0.25, 0.3) is 0 Å². The van der Waals surface area contributed by atoms with E-state index in [9.17, 15) is 18.0 Å². The Morgan fingerprint density at radius 1 is 1.00 bits per heavy atom. The van der Waals surface area contributed by atoms with Crippen molar-refractivity contribution in [3.8, 4) is 5.75 Å². The van der Waals surface area contributed by atoms with Gasteiger partial charge in [-0.25, -0.2) is 8.42 Å². The fourth-order valence-electron chi connectivity index (χ4n) is 3.24. The van der Waals surface area contributed by atoms with E-state index in [1.807, 2.05) is 45.0 Å². The molecule has 1 atom stereocenters. The molecule has 1 unspecified atom stereocenters. The van der Waals surface area contributed by atoms with E-state index in [-0.39, 0.29) is 18.5 Å². The van der Waals surface area contributed by atoms with E-state index in [2.05, 4.69) is 5.32 Å². The maximum absolute atomic E-state index is 13.4. The van der Waals surface area contributed by atoms with Gasteiger partial charge in [-0.05, 0) is 57.5 Å². The second-order valence-corrected chi connectivity index (χ2v) is 10.2. The van der Waals surface area contributed by atoms with Crippen molar-refractivity contribution in [1.29, 1.82) is 0 Å². The number of hydrogen-bond donors (Lipinski definition) is 1. The summed E-state index contributed by atoms with van der Waals surface area (Å²) in [6.07, 6.45) is 1.05. The lowest BCUT2D eigenvalue weighted by molar-refractivity contribution is -0.139. The van der Waals surface area contributed by atoms with Crippen LogP contribution in [0.3, 0.4) is 0 Å². The highest BCUT2D eigenvalue weighted by Gasteiger charge is 2.30. The number of rotatable bonds is 10. The number of hydrogen-bond acceptors (Lipinski definition) is 5. The van der Waals surface area contributed by atoms with E-state index in [1.54, 1.807) is 31.2 Å². The van der Waals surface area contributed by atoms with Gasteiger partial charge in [0.15, 0.2) is 0 Å². The predicted molar refractivity (Wildman–Crippen MR) is 130 cm³/mol. The summed E-state index contributed by atoms with van der Waals surface area (Å²) >= 11 is 0. The number of nitrogens with one attached hydrogen (secondary N) is 1. The molecule has 8 nitrogen and oxygen atoms in total. The van der Waals surface area contributed by atoms with E-state index >= 15 is 0 Å². The Kier molecular flexibility index (Phi) is 8.87. The van der Waals surface area contributed by atoms with Crippen molar-refractivity contribution in [2.75, 3.05) is 24.2 Å². The number of carbonyl (C=O) groups is 2. The number of aryl methyl sites for hydroxylation is 1. The van der Waals surface area contributed by atoms with Gasteiger partial charge in [-0.15, -0.1) is 0 Å². The summed E-state index contributed by atoms with van der Waals surface area (Å²) in [5.74, 6) is -0.220. The second kappa shape index (κ2) is 11.2. The van der Waals surface area contributed by atoms with Crippen LogP contribution in [0.1, 0.15) is 31.9 Å². The summed E-state index contributed by atoms with van der Waals surface area (Å²) in [7, 11) is -2.25. The van der Waals surface area contributed by atoms with Crippen LogP contribution >= 0.6 is 0 Å². The third-order valence-corrected chi connectivity index (χ3v) is 6.25. The smallest absolute Gasteiger partial charge is 0.244 e. The molecular weight excluding hydrogens is 442 g/mol. The lowest BCUT2D eigenvalue weighted by Crippen LogP contribution is -2.52. The van der Waals surface area contributed by atoms with Gasteiger partial charge >= 0.3 is 0 Å². The van der Waals surface area contributed by atoms with E-state index in [4.69, 9.17) is 4.74 Å². The maximum atomic E-state index is 13.4. The van der Waals surface area contributed by atoms with Gasteiger partial charge < -0.3 is 15.0 Å². The van der Waals surface area contributed by atoms with Crippen LogP contribution in [0.15, 0.2) is 48.5 Å². The maximum Gasteiger partial charge on any atom is 0.244 e. The van der Waals surface area contributed by atoms with Crippen molar-refractivity contribution in [1.82, 2.24) is 10.2 Å². The molecule has 0 fully saturated rings. The molecule has 0 aliphatic heterocycles. The molecule has 0 spiro atoms. The SMILES string of the molecule is COc1ccc(N(CC(=O)N(Cc2ccc(C)cc2)C(C)C(=O)NC(C)C)S(C)(=O)=O)cc1. The van der Waals surface area contributed by atoms with Crippen molar-refractivity contribution >= 4 is 27.5 Å². The highest BCUT2D eigenvalue weighted by molar-refractivity contribution is 7.92. The Morgan fingerprint density at radius 2 is 1.58 bits per heavy atom. The van der Waals surface area contributed by atoms with E-state index in [0.29, 0.717) is 11.4 Å². The summed E-state index contributed by atoms with van der Waals surface area (Å²) in [5, 5.41) is 2.82. The van der Waals surface area contributed by atoms with Crippen LogP contribution in [0, 0.1) is 6.92 Å². The van der Waals surface area contributed by atoms with Crippen LogP contribution < -0.4 is 14.4 Å². The van der Waals surface area contributed by atoms with E-state index in [0.717, 1.165) is 21.7 Å². The zero-order valence-electron chi connectivity index (χ0n) is 20.0. The lowest BCUT2D eigenvalue weighted by Gasteiger charge is -2.32. The van der Waals surface area contributed by atoms with E-state index < -0.39 is 28.5 Å². The number of amides is 2. The second-order valence-electron chi connectivity index (χ2n) is 8.31. The van der Waals surface area contributed by atoms with Crippen LogP contribution in [0.4, 0.5) is 5.69 Å². The molecule has 9 heteroatoms.